The molecule has 0 radical (unpaired) electrons. The number of non-ortho nitro benzene ring substituents is 1. The number of nitrogens with zero attached hydrogens (tertiary/aromatic N) is 8. The molecule has 3 aromatic heterocycles. The Hall–Kier alpha value is -6.00. The van der Waals surface area contributed by atoms with Crippen molar-refractivity contribution in [2.45, 2.75) is 30.8 Å². The molecule has 2 N–H and O–H groups in total. The molecule has 0 unspecified atom stereocenters. The van der Waals surface area contributed by atoms with Gasteiger partial charge in [-0.1, -0.05) is 78.9 Å². The zero-order valence-electron chi connectivity index (χ0n) is 41.1. The Morgan fingerprint density at radius 2 is 1.19 bits per heavy atom. The molecule has 2 aliphatic heterocycles. The van der Waals surface area contributed by atoms with Crippen LogP contribution in [0.25, 0.3) is 32.0 Å². The summed E-state index contributed by atoms with van der Waals surface area (Å²) in [4.78, 5) is 33.0. The summed E-state index contributed by atoms with van der Waals surface area (Å²) in [6.45, 7) is 9.73. The number of ether oxygens (including phenoxy) is 2. The van der Waals surface area contributed by atoms with Gasteiger partial charge in [0.05, 0.1) is 46.6 Å². The minimum Gasteiger partial charge on any atom is -0.744 e. The summed E-state index contributed by atoms with van der Waals surface area (Å²) in [5, 5.41) is 17.9. The van der Waals surface area contributed by atoms with Crippen molar-refractivity contribution < 1.29 is 56.9 Å². The van der Waals surface area contributed by atoms with Crippen LogP contribution in [0.2, 0.25) is 0 Å². The van der Waals surface area contributed by atoms with E-state index in [1.807, 2.05) is 42.6 Å². The van der Waals surface area contributed by atoms with Gasteiger partial charge in [0.2, 0.25) is 0 Å². The van der Waals surface area contributed by atoms with E-state index in [1.165, 1.54) is 11.1 Å². The number of anilines is 3. The van der Waals surface area contributed by atoms with Crippen molar-refractivity contribution in [1.82, 2.24) is 24.8 Å². The van der Waals surface area contributed by atoms with Crippen molar-refractivity contribution in [3.8, 4) is 32.6 Å². The van der Waals surface area contributed by atoms with Crippen molar-refractivity contribution in [3.63, 3.8) is 0 Å². The number of nitrogen functional groups attached to an aromatic ring is 1. The van der Waals surface area contributed by atoms with Crippen molar-refractivity contribution in [3.05, 3.63) is 166 Å². The van der Waals surface area contributed by atoms with E-state index >= 15 is 0 Å². The fourth-order valence-electron chi connectivity index (χ4n) is 8.73. The summed E-state index contributed by atoms with van der Waals surface area (Å²) >= 11 is 3.45. The monoisotopic (exact) mass is 1050 g/mol. The third kappa shape index (κ3) is 14.6. The van der Waals surface area contributed by atoms with Crippen LogP contribution in [0.1, 0.15) is 24.2 Å². The van der Waals surface area contributed by atoms with Gasteiger partial charge in [0, 0.05) is 111 Å². The molecule has 8 aromatic rings. The van der Waals surface area contributed by atoms with Crippen LogP contribution in [0.15, 0.2) is 149 Å². The molecule has 374 valence electrons. The molecule has 2 aliphatic rings. The number of rotatable bonds is 12. The number of fused-ring (bicyclic) bond motifs is 1. The first-order valence-electron chi connectivity index (χ1n) is 23.5. The number of nitro benzene ring substituents is 1. The first-order valence-corrected chi connectivity index (χ1v) is 26.6. The Bertz CT molecular complexity index is 3170. The van der Waals surface area contributed by atoms with E-state index in [0.29, 0.717) is 0 Å². The number of methoxy groups -OCH3 is 2. The topological polar surface area (TPSA) is 196 Å². The number of benzene rings is 5. The number of para-hydroxylation sites is 1. The molecule has 10 rings (SSSR count). The van der Waals surface area contributed by atoms with Crippen LogP contribution in [-0.2, 0) is 23.2 Å². The normalized spacial score (nSPS) is 14.3. The van der Waals surface area contributed by atoms with Crippen molar-refractivity contribution in [1.29, 1.82) is 0 Å². The van der Waals surface area contributed by atoms with Crippen LogP contribution in [-0.4, -0.2) is 109 Å². The minimum atomic E-state index is -4.61. The first kappa shape index (κ1) is 54.8. The van der Waals surface area contributed by atoms with Crippen LogP contribution in [0.3, 0.4) is 0 Å². The van der Waals surface area contributed by atoms with Gasteiger partial charge in [-0.15, -0.1) is 22.7 Å². The molecule has 73 heavy (non-hydrogen) atoms. The average Bonchev–Trinajstić information content (AvgIpc) is 3.94. The Morgan fingerprint density at radius 1 is 0.644 bits per heavy atom. The van der Waals surface area contributed by atoms with E-state index in [-0.39, 0.29) is 29.6 Å². The predicted molar refractivity (Wildman–Crippen MR) is 286 cm³/mol. The van der Waals surface area contributed by atoms with Gasteiger partial charge < -0.3 is 29.6 Å². The van der Waals surface area contributed by atoms with Gasteiger partial charge in [-0.3, -0.25) is 24.9 Å². The summed E-state index contributed by atoms with van der Waals surface area (Å²) in [5.74, 6) is 1.74. The molecule has 0 saturated carbocycles. The van der Waals surface area contributed by atoms with E-state index in [1.54, 1.807) is 36.9 Å². The van der Waals surface area contributed by atoms with Gasteiger partial charge in [-0.25, -0.2) is 18.4 Å². The maximum Gasteiger partial charge on any atom is 1.00 e. The first-order chi connectivity index (χ1) is 35.0. The van der Waals surface area contributed by atoms with E-state index < -0.39 is 25.6 Å². The molecule has 0 spiro atoms. The molecule has 0 aliphatic carbocycles. The number of hydrogen-bond acceptors (Lipinski definition) is 17. The SMILES string of the molecule is COc1ccc2cccnc2c1N1CCCN(Cc2csc(-c3ccccc3)n2)CC1.COc1cccc(N)c1N1CCCN(Cc2csc(-c3ccccc3)n2)CC1.O=[N+]([O-])c1cccc(S(=O)(=O)[O-])c1.[Na+]. The minimum absolute atomic E-state index is 0. The summed E-state index contributed by atoms with van der Waals surface area (Å²) in [5.41, 5.74) is 14.4. The molecular formula is C53H56N9NaO7S3. The third-order valence-corrected chi connectivity index (χ3v) is 14.9. The fourth-order valence-corrected chi connectivity index (χ4v) is 10.9. The number of thiazole rings is 2. The average molecular weight is 1050 g/mol. The van der Waals surface area contributed by atoms with E-state index in [2.05, 4.69) is 102 Å². The smallest absolute Gasteiger partial charge is 0.744 e. The molecule has 2 saturated heterocycles. The Kier molecular flexibility index (Phi) is 19.7. The van der Waals surface area contributed by atoms with Crippen molar-refractivity contribution in [2.24, 2.45) is 0 Å². The number of hydrogen-bond donors (Lipinski definition) is 1. The molecule has 0 bridgehead atoms. The summed E-state index contributed by atoms with van der Waals surface area (Å²) in [6, 6.07) is 38.9. The predicted octanol–water partition coefficient (Wildman–Crippen LogP) is 6.70. The number of nitrogens with two attached hydrogens (primary N) is 1. The van der Waals surface area contributed by atoms with Crippen molar-refractivity contribution >= 4 is 66.4 Å². The third-order valence-electron chi connectivity index (χ3n) is 12.2. The Balaban J connectivity index is 0.000000172. The molecule has 0 amide bonds. The number of pyridine rings is 1. The van der Waals surface area contributed by atoms with Gasteiger partial charge >= 0.3 is 29.6 Å². The molecule has 0 atom stereocenters. The Morgan fingerprint density at radius 3 is 1.74 bits per heavy atom. The maximum absolute atomic E-state index is 10.4. The largest absolute Gasteiger partial charge is 1.00 e. The van der Waals surface area contributed by atoms with E-state index in [4.69, 9.17) is 25.2 Å². The second-order valence-electron chi connectivity index (χ2n) is 17.1. The van der Waals surface area contributed by atoms with E-state index in [9.17, 15) is 23.1 Å². The van der Waals surface area contributed by atoms with Gasteiger partial charge in [0.15, 0.2) is 0 Å². The molecular weight excluding hydrogens is 994 g/mol. The van der Waals surface area contributed by atoms with Crippen LogP contribution in [0.5, 0.6) is 11.5 Å². The second-order valence-corrected chi connectivity index (χ2v) is 20.1. The van der Waals surface area contributed by atoms with Crippen LogP contribution in [0.4, 0.5) is 22.7 Å². The molecule has 5 aromatic carbocycles. The van der Waals surface area contributed by atoms with Crippen LogP contribution in [0, 0.1) is 10.1 Å². The maximum atomic E-state index is 10.4. The summed E-state index contributed by atoms with van der Waals surface area (Å²) in [7, 11) is -1.17. The van der Waals surface area contributed by atoms with Gasteiger partial charge in [0.1, 0.15) is 43.0 Å². The van der Waals surface area contributed by atoms with Gasteiger partial charge in [-0.2, -0.15) is 0 Å². The molecule has 20 heteroatoms. The summed E-state index contributed by atoms with van der Waals surface area (Å²) < 4.78 is 42.5. The van der Waals surface area contributed by atoms with Crippen LogP contribution >= 0.6 is 22.7 Å². The van der Waals surface area contributed by atoms with Gasteiger partial charge in [-0.05, 0) is 49.2 Å². The zero-order valence-corrected chi connectivity index (χ0v) is 45.5. The molecule has 5 heterocycles. The molecule has 2 fully saturated rings. The van der Waals surface area contributed by atoms with Crippen molar-refractivity contribution in [2.75, 3.05) is 82.1 Å². The quantitative estimate of drug-likeness (QED) is 0.0446. The van der Waals surface area contributed by atoms with Crippen LogP contribution < -0.4 is 54.6 Å². The summed E-state index contributed by atoms with van der Waals surface area (Å²) in [6.07, 6.45) is 4.05. The van der Waals surface area contributed by atoms with Gasteiger partial charge in [0.25, 0.3) is 5.69 Å². The molecule has 16 nitrogen and oxygen atoms in total. The standard InChI is InChI=1S/C25H26N4OS.C22H26N4OS.C6H5NO5S.Na/c1-30-22-11-10-19-9-5-12-26-23(19)24(22)29-14-6-13-28(15-16-29)17-21-18-31-25(27-21)20-7-3-2-4-8-20;1-27-20-10-5-9-19(23)21(20)26-12-6-11-25(13-14-26)15-18-16-28-22(24-18)17-7-3-2-4-8-17;8-7(9)5-2-1-3-6(4-5)13(10,11)12;/h2-5,7-12,18H,6,13-17H2,1H3;2-5,7-10,16H,6,11-15,23H2,1H3;1-4H,(H,10,11,12);/q;;;+1/p-1. The number of aromatic nitrogens is 3. The second kappa shape index (κ2) is 26.3. The van der Waals surface area contributed by atoms with E-state index in [0.717, 1.165) is 163 Å². The number of nitro groups is 1. The fraction of sp³-hybridized carbons (Fsp3) is 0.264. The zero-order chi connectivity index (χ0) is 50.5. The Labute approximate surface area is 456 Å².